The third-order valence-corrected chi connectivity index (χ3v) is 5.62. The highest BCUT2D eigenvalue weighted by molar-refractivity contribution is 7.19. The maximum Gasteiger partial charge on any atom is 0.273 e. The summed E-state index contributed by atoms with van der Waals surface area (Å²) in [6.45, 7) is 2.82. The zero-order valence-corrected chi connectivity index (χ0v) is 17.8. The number of halogens is 2. The van der Waals surface area contributed by atoms with Gasteiger partial charge in [-0.25, -0.2) is 13.8 Å². The number of piperazine rings is 1. The van der Waals surface area contributed by atoms with Crippen molar-refractivity contribution < 1.29 is 18.7 Å². The lowest BCUT2D eigenvalue weighted by Crippen LogP contribution is -2.62. The fourth-order valence-corrected chi connectivity index (χ4v) is 4.21. The molecule has 0 radical (unpaired) electrons. The number of rotatable bonds is 5. The normalized spacial score (nSPS) is 20.4. The third-order valence-electron chi connectivity index (χ3n) is 4.72. The fraction of sp³-hybridized carbons (Fsp3) is 0.368. The van der Waals surface area contributed by atoms with Crippen molar-refractivity contribution in [3.63, 3.8) is 0 Å². The number of aromatic nitrogens is 1. The molecule has 166 valence electrons. The summed E-state index contributed by atoms with van der Waals surface area (Å²) in [5.74, 6) is -1.97. The van der Waals surface area contributed by atoms with E-state index < -0.39 is 29.3 Å². The Labute approximate surface area is 181 Å². The molecule has 1 aromatic heterocycles. The van der Waals surface area contributed by atoms with Gasteiger partial charge in [0.25, 0.3) is 5.91 Å². The molecule has 1 aliphatic rings. The van der Waals surface area contributed by atoms with Crippen molar-refractivity contribution in [2.24, 2.45) is 4.99 Å². The van der Waals surface area contributed by atoms with Gasteiger partial charge in [0.05, 0.1) is 12.1 Å². The van der Waals surface area contributed by atoms with E-state index in [4.69, 9.17) is 11.1 Å². The number of aliphatic imine (C=N–C) groups is 1. The minimum Gasteiger partial charge on any atom is -0.389 e. The summed E-state index contributed by atoms with van der Waals surface area (Å²) in [7, 11) is 1.52. The molecule has 1 fully saturated rings. The molecule has 1 saturated heterocycles. The molecule has 2 unspecified atom stereocenters. The average Bonchev–Trinajstić information content (AvgIpc) is 3.08. The number of hydrogen-bond acceptors (Lipinski definition) is 8. The zero-order valence-electron chi connectivity index (χ0n) is 16.9. The Morgan fingerprint density at radius 3 is 2.77 bits per heavy atom. The number of nitrogens with one attached hydrogen (secondary N) is 3. The minimum atomic E-state index is -1.15. The second kappa shape index (κ2) is 9.04. The van der Waals surface area contributed by atoms with E-state index in [2.05, 4.69) is 20.6 Å². The zero-order chi connectivity index (χ0) is 22.8. The number of nitrogens with zero attached hydrogens (tertiary/aromatic N) is 3. The second-order valence-electron chi connectivity index (χ2n) is 7.15. The van der Waals surface area contributed by atoms with Crippen LogP contribution in [0.4, 0.5) is 13.8 Å². The van der Waals surface area contributed by atoms with Crippen LogP contribution in [0.1, 0.15) is 17.4 Å². The lowest BCUT2D eigenvalue weighted by molar-refractivity contribution is -0.0158. The Morgan fingerprint density at radius 2 is 2.19 bits per heavy atom. The Bertz CT molecular complexity index is 1000. The first-order valence-electron chi connectivity index (χ1n) is 9.38. The lowest BCUT2D eigenvalue weighted by atomic mass is 10.1. The number of aliphatic hydroxyl groups is 1. The van der Waals surface area contributed by atoms with E-state index in [0.717, 1.165) is 29.7 Å². The summed E-state index contributed by atoms with van der Waals surface area (Å²) in [6.07, 6.45) is 0.997. The van der Waals surface area contributed by atoms with Crippen LogP contribution in [0.25, 0.3) is 10.6 Å². The van der Waals surface area contributed by atoms with Gasteiger partial charge in [0.15, 0.2) is 5.69 Å². The van der Waals surface area contributed by atoms with E-state index in [1.165, 1.54) is 13.1 Å². The topological polar surface area (TPSA) is 140 Å². The number of carbonyl (C=O) groups is 1. The summed E-state index contributed by atoms with van der Waals surface area (Å²) in [5.41, 5.74) is 4.19. The largest absolute Gasteiger partial charge is 0.389 e. The standard InChI is InChI=1S/C19H23F2N7O2S/c1-19(30)9-28(7-6-25-19)16(24-2)12(8-22)26-17(29)14-15(23)31-18(27-14)13-10(20)4-3-5-11(13)21/h3-5,8,12,22,25,30H,6-7,9,23H2,1-2H3,(H,26,29). The van der Waals surface area contributed by atoms with Crippen molar-refractivity contribution in [1.29, 1.82) is 5.41 Å². The predicted octanol–water partition coefficient (Wildman–Crippen LogP) is 1.06. The van der Waals surface area contributed by atoms with Gasteiger partial charge in [0.2, 0.25) is 0 Å². The molecule has 0 saturated carbocycles. The van der Waals surface area contributed by atoms with Gasteiger partial charge in [0.1, 0.15) is 39.2 Å². The van der Waals surface area contributed by atoms with Crippen LogP contribution >= 0.6 is 11.3 Å². The minimum absolute atomic E-state index is 0.0148. The molecule has 12 heteroatoms. The Morgan fingerprint density at radius 1 is 1.52 bits per heavy atom. The van der Waals surface area contributed by atoms with E-state index >= 15 is 0 Å². The van der Waals surface area contributed by atoms with Crippen molar-refractivity contribution in [3.05, 3.63) is 35.5 Å². The molecule has 0 bridgehead atoms. The third kappa shape index (κ3) is 4.86. The quantitative estimate of drug-likeness (QED) is 0.340. The van der Waals surface area contributed by atoms with Crippen molar-refractivity contribution in [3.8, 4) is 10.6 Å². The molecular weight excluding hydrogens is 428 g/mol. The first kappa shape index (κ1) is 22.7. The summed E-state index contributed by atoms with van der Waals surface area (Å²) in [4.78, 5) is 22.8. The number of amides is 1. The number of thiazole rings is 1. The van der Waals surface area contributed by atoms with Crippen LogP contribution in [0.2, 0.25) is 0 Å². The van der Waals surface area contributed by atoms with Crippen LogP contribution in [-0.4, -0.2) is 71.4 Å². The number of β-amino-alcohol motifs (C(OH)–C–C–N with tert-alkyl or cyclic N) is 1. The molecule has 2 aromatic rings. The second-order valence-corrected chi connectivity index (χ2v) is 8.18. The summed E-state index contributed by atoms with van der Waals surface area (Å²) < 4.78 is 28.1. The van der Waals surface area contributed by atoms with Gasteiger partial charge in [-0.1, -0.05) is 17.4 Å². The SMILES string of the molecule is CN=C(C(C=N)NC(=O)c1nc(-c2c(F)cccc2F)sc1N)N1CCNC(C)(O)C1. The van der Waals surface area contributed by atoms with Crippen molar-refractivity contribution in [1.82, 2.24) is 20.5 Å². The maximum atomic E-state index is 14.1. The number of carbonyl (C=O) groups excluding carboxylic acids is 1. The Hall–Kier alpha value is -2.96. The van der Waals surface area contributed by atoms with E-state index in [1.54, 1.807) is 11.8 Å². The van der Waals surface area contributed by atoms with Gasteiger partial charge in [-0.3, -0.25) is 15.1 Å². The molecule has 31 heavy (non-hydrogen) atoms. The molecule has 9 nitrogen and oxygen atoms in total. The van der Waals surface area contributed by atoms with Gasteiger partial charge in [-0.05, 0) is 19.1 Å². The highest BCUT2D eigenvalue weighted by Gasteiger charge is 2.33. The monoisotopic (exact) mass is 451 g/mol. The van der Waals surface area contributed by atoms with Gasteiger partial charge in [-0.15, -0.1) is 0 Å². The Kier molecular flexibility index (Phi) is 6.62. The van der Waals surface area contributed by atoms with Crippen LogP contribution in [0.15, 0.2) is 23.2 Å². The summed E-state index contributed by atoms with van der Waals surface area (Å²) >= 11 is 0.788. The molecule has 1 amide bonds. The average molecular weight is 452 g/mol. The van der Waals surface area contributed by atoms with Crippen LogP contribution in [0.3, 0.4) is 0 Å². The van der Waals surface area contributed by atoms with Gasteiger partial charge in [0, 0.05) is 26.4 Å². The molecule has 2 atom stereocenters. The molecule has 1 aromatic carbocycles. The maximum absolute atomic E-state index is 14.1. The summed E-state index contributed by atoms with van der Waals surface area (Å²) in [5, 5.41) is 23.5. The Balaban J connectivity index is 1.83. The number of nitrogen functional groups attached to an aromatic ring is 1. The van der Waals surface area contributed by atoms with Crippen molar-refractivity contribution in [2.45, 2.75) is 18.7 Å². The first-order valence-corrected chi connectivity index (χ1v) is 10.2. The highest BCUT2D eigenvalue weighted by atomic mass is 32.1. The lowest BCUT2D eigenvalue weighted by Gasteiger charge is -2.40. The molecule has 0 aliphatic carbocycles. The molecular formula is C19H23F2N7O2S. The highest BCUT2D eigenvalue weighted by Crippen LogP contribution is 2.33. The number of nitrogens with two attached hydrogens (primary N) is 1. The van der Waals surface area contributed by atoms with Gasteiger partial charge >= 0.3 is 0 Å². The first-order chi connectivity index (χ1) is 14.7. The number of hydrogen-bond donors (Lipinski definition) is 5. The van der Waals surface area contributed by atoms with Crippen molar-refractivity contribution in [2.75, 3.05) is 32.4 Å². The van der Waals surface area contributed by atoms with Gasteiger partial charge < -0.3 is 26.5 Å². The van der Waals surface area contributed by atoms with E-state index in [9.17, 15) is 18.7 Å². The number of anilines is 1. The van der Waals surface area contributed by atoms with Crippen molar-refractivity contribution >= 4 is 34.3 Å². The summed E-state index contributed by atoms with van der Waals surface area (Å²) in [6, 6.07) is 2.49. The van der Waals surface area contributed by atoms with Crippen LogP contribution < -0.4 is 16.4 Å². The molecule has 3 rings (SSSR count). The molecule has 6 N–H and O–H groups in total. The van der Waals surface area contributed by atoms with Crippen LogP contribution in [-0.2, 0) is 0 Å². The molecule has 2 heterocycles. The fourth-order valence-electron chi connectivity index (χ4n) is 3.33. The molecule has 1 aliphatic heterocycles. The van der Waals surface area contributed by atoms with Crippen LogP contribution in [0, 0.1) is 17.0 Å². The predicted molar refractivity (Wildman–Crippen MR) is 115 cm³/mol. The van der Waals surface area contributed by atoms with E-state index in [1.807, 2.05) is 0 Å². The molecule has 0 spiro atoms. The van der Waals surface area contributed by atoms with E-state index in [-0.39, 0.29) is 27.8 Å². The number of benzene rings is 1. The smallest absolute Gasteiger partial charge is 0.273 e. The van der Waals surface area contributed by atoms with Crippen LogP contribution in [0.5, 0.6) is 0 Å². The van der Waals surface area contributed by atoms with Gasteiger partial charge in [-0.2, -0.15) is 0 Å². The van der Waals surface area contributed by atoms with E-state index in [0.29, 0.717) is 18.9 Å². The number of amidine groups is 1.